The van der Waals surface area contributed by atoms with E-state index in [0.29, 0.717) is 0 Å². The van der Waals surface area contributed by atoms with E-state index in [4.69, 9.17) is 8.62 Å². The van der Waals surface area contributed by atoms with Crippen LogP contribution in [0.4, 0.5) is 0 Å². The fourth-order valence-electron chi connectivity index (χ4n) is 5.91. The molecular formula is C34H79O3P3. The van der Waals surface area contributed by atoms with Crippen LogP contribution in [-0.4, -0.2) is 50.3 Å². The molecule has 0 unspecified atom stereocenters. The van der Waals surface area contributed by atoms with Gasteiger partial charge in [-0.2, -0.15) is 0 Å². The SMILES string of the molecule is CCCCCCCC.CCCCP(C)(CCCC)(CCCC)O[PH](=O)OP(C)(CCCC)(CCCC)CCCC. The van der Waals surface area contributed by atoms with Gasteiger partial charge in [0.25, 0.3) is 0 Å². The molecular weight excluding hydrogens is 549 g/mol. The molecule has 0 heterocycles. The molecule has 0 atom stereocenters. The second kappa shape index (κ2) is 24.3. The van der Waals surface area contributed by atoms with Gasteiger partial charge >= 0.3 is 204 Å². The molecule has 0 fully saturated rings. The Hall–Kier alpha value is 1.01. The van der Waals surface area contributed by atoms with Gasteiger partial charge in [-0.25, -0.2) is 0 Å². The van der Waals surface area contributed by atoms with Gasteiger partial charge in [0.15, 0.2) is 0 Å². The number of unbranched alkanes of at least 4 members (excludes halogenated alkanes) is 11. The van der Waals surface area contributed by atoms with Crippen molar-refractivity contribution < 1.29 is 13.2 Å². The maximum atomic E-state index is 13.9. The molecule has 0 rings (SSSR count). The van der Waals surface area contributed by atoms with Crippen LogP contribution in [0.5, 0.6) is 0 Å². The van der Waals surface area contributed by atoms with Gasteiger partial charge in [0.1, 0.15) is 0 Å². The van der Waals surface area contributed by atoms with E-state index in [1.165, 1.54) is 116 Å². The summed E-state index contributed by atoms with van der Waals surface area (Å²) in [6.45, 7) is 17.9. The molecule has 248 valence electrons. The van der Waals surface area contributed by atoms with Crippen LogP contribution in [0.2, 0.25) is 0 Å². The van der Waals surface area contributed by atoms with E-state index in [-0.39, 0.29) is 0 Å². The monoisotopic (exact) mass is 629 g/mol. The summed E-state index contributed by atoms with van der Waals surface area (Å²) < 4.78 is 27.6. The molecule has 0 bridgehead atoms. The first-order valence-electron chi connectivity index (χ1n) is 17.9. The Kier molecular flexibility index (Phi) is 26.3. The van der Waals surface area contributed by atoms with E-state index >= 15 is 0 Å². The first-order chi connectivity index (χ1) is 19.0. The summed E-state index contributed by atoms with van der Waals surface area (Å²) in [4.78, 5) is 0. The summed E-state index contributed by atoms with van der Waals surface area (Å²) in [6, 6.07) is 0. The van der Waals surface area contributed by atoms with E-state index < -0.39 is 21.9 Å². The second-order valence-corrected chi connectivity index (χ2v) is 27.1. The molecule has 6 heteroatoms. The van der Waals surface area contributed by atoms with Crippen LogP contribution in [0.25, 0.3) is 0 Å². The normalized spacial score (nSPS) is 14.9. The molecule has 40 heavy (non-hydrogen) atoms. The molecule has 0 spiro atoms. The summed E-state index contributed by atoms with van der Waals surface area (Å²) in [6.07, 6.45) is 29.2. The minimum absolute atomic E-state index is 1.11. The molecule has 0 aromatic rings. The van der Waals surface area contributed by atoms with Crippen molar-refractivity contribution in [3.05, 3.63) is 0 Å². The van der Waals surface area contributed by atoms with Gasteiger partial charge in [0.2, 0.25) is 0 Å². The fourth-order valence-corrected chi connectivity index (χ4v) is 20.8. The zero-order valence-electron chi connectivity index (χ0n) is 29.6. The predicted molar refractivity (Wildman–Crippen MR) is 195 cm³/mol. The van der Waals surface area contributed by atoms with Gasteiger partial charge in [-0.05, 0) is 0 Å². The third kappa shape index (κ3) is 19.3. The van der Waals surface area contributed by atoms with Crippen molar-refractivity contribution in [3.63, 3.8) is 0 Å². The van der Waals surface area contributed by atoms with E-state index in [0.717, 1.165) is 37.0 Å². The Morgan fingerprint density at radius 3 is 0.750 bits per heavy atom. The van der Waals surface area contributed by atoms with Crippen molar-refractivity contribution in [3.8, 4) is 0 Å². The van der Waals surface area contributed by atoms with Crippen LogP contribution in [0.3, 0.4) is 0 Å². The molecule has 0 saturated carbocycles. The van der Waals surface area contributed by atoms with E-state index in [1.54, 1.807) is 0 Å². The molecule has 0 amide bonds. The molecule has 0 radical (unpaired) electrons. The average Bonchev–Trinajstić information content (AvgIpc) is 2.94. The van der Waals surface area contributed by atoms with Crippen LogP contribution in [0.15, 0.2) is 0 Å². The number of hydrogen-bond acceptors (Lipinski definition) is 3. The Bertz CT molecular complexity index is 512. The molecule has 0 aliphatic carbocycles. The first-order valence-corrected chi connectivity index (χ1v) is 25.5. The van der Waals surface area contributed by atoms with Crippen LogP contribution in [-0.2, 0) is 13.2 Å². The van der Waals surface area contributed by atoms with Gasteiger partial charge in [-0.1, -0.05) is 52.4 Å². The molecule has 0 saturated heterocycles. The molecule has 0 aromatic heterocycles. The average molecular weight is 629 g/mol. The maximum absolute atomic E-state index is 13.9. The summed E-state index contributed by atoms with van der Waals surface area (Å²) >= 11 is 0. The van der Waals surface area contributed by atoms with E-state index in [1.807, 2.05) is 0 Å². The van der Waals surface area contributed by atoms with Crippen molar-refractivity contribution in [1.82, 2.24) is 0 Å². The van der Waals surface area contributed by atoms with E-state index in [2.05, 4.69) is 68.7 Å². The zero-order chi connectivity index (χ0) is 30.9. The first kappa shape index (κ1) is 43.1. The molecule has 0 aliphatic rings. The summed E-state index contributed by atoms with van der Waals surface area (Å²) in [7, 11) is -2.53. The Balaban J connectivity index is 0. The molecule has 3 nitrogen and oxygen atoms in total. The van der Waals surface area contributed by atoms with Crippen molar-refractivity contribution in [1.29, 1.82) is 0 Å². The third-order valence-electron chi connectivity index (χ3n) is 9.03. The van der Waals surface area contributed by atoms with Gasteiger partial charge in [0, 0.05) is 0 Å². The van der Waals surface area contributed by atoms with Gasteiger partial charge in [-0.3, -0.25) is 0 Å². The number of hydrogen-bond donors (Lipinski definition) is 0. The van der Waals surface area contributed by atoms with Crippen molar-refractivity contribution >= 4 is 21.9 Å². The van der Waals surface area contributed by atoms with E-state index in [9.17, 15) is 4.57 Å². The van der Waals surface area contributed by atoms with Crippen LogP contribution < -0.4 is 0 Å². The zero-order valence-corrected chi connectivity index (χ0v) is 32.4. The van der Waals surface area contributed by atoms with Crippen LogP contribution >= 0.6 is 21.9 Å². The fraction of sp³-hybridized carbons (Fsp3) is 1.00. The second-order valence-electron chi connectivity index (χ2n) is 13.7. The molecule has 0 aliphatic heterocycles. The number of rotatable bonds is 27. The Labute approximate surface area is 255 Å². The van der Waals surface area contributed by atoms with Crippen molar-refractivity contribution in [2.24, 2.45) is 0 Å². The van der Waals surface area contributed by atoms with Crippen LogP contribution in [0.1, 0.15) is 171 Å². The van der Waals surface area contributed by atoms with Crippen molar-refractivity contribution in [2.45, 2.75) is 171 Å². The summed E-state index contributed by atoms with van der Waals surface area (Å²) in [5.74, 6) is 0. The topological polar surface area (TPSA) is 35.5 Å². The van der Waals surface area contributed by atoms with Crippen LogP contribution in [0, 0.1) is 0 Å². The quantitative estimate of drug-likeness (QED) is 0.0670. The minimum atomic E-state index is -2.53. The van der Waals surface area contributed by atoms with Crippen molar-refractivity contribution in [2.75, 3.05) is 50.3 Å². The third-order valence-corrected chi connectivity index (χ3v) is 24.3. The molecule has 0 N–H and O–H groups in total. The molecule has 0 aromatic carbocycles. The summed E-state index contributed by atoms with van der Waals surface area (Å²) in [5, 5.41) is 0. The predicted octanol–water partition coefficient (Wildman–Crippen LogP) is 13.8. The Morgan fingerprint density at radius 1 is 0.375 bits per heavy atom. The Morgan fingerprint density at radius 2 is 0.575 bits per heavy atom. The summed E-state index contributed by atoms with van der Waals surface area (Å²) in [5.41, 5.74) is 0. The van der Waals surface area contributed by atoms with Gasteiger partial charge in [-0.15, -0.1) is 0 Å². The standard InChI is InChI=1S/C26H61O3P3.C8H18/c1-9-15-21-31(7,22-16-10-2,23-17-11-3)28-30(27)29-32(8,24-18-12-4,25-19-13-5)26-20-14-6;1-3-5-7-8-6-4-2/h30H,9-26H2,1-8H3;3-8H2,1-2H3. The van der Waals surface area contributed by atoms with Gasteiger partial charge < -0.3 is 0 Å². The van der Waals surface area contributed by atoms with Gasteiger partial charge in [0.05, 0.1) is 0 Å².